The van der Waals surface area contributed by atoms with E-state index in [1.165, 1.54) is 0 Å². The fraction of sp³-hybridized carbons (Fsp3) is 0.0833. The number of fused-ring (bicyclic) bond motifs is 4. The molecule has 0 aromatic heterocycles. The van der Waals surface area contributed by atoms with Crippen LogP contribution in [-0.2, 0) is 4.79 Å². The molecule has 2 aliphatic rings. The lowest BCUT2D eigenvalue weighted by Gasteiger charge is -2.24. The smallest absolute Gasteiger partial charge is 0.187 e. The molecular weight excluding hydrogens is 320 g/mol. The molecule has 2 aliphatic carbocycles. The summed E-state index contributed by atoms with van der Waals surface area (Å²) in [5, 5.41) is 3.91. The van der Waals surface area contributed by atoms with E-state index in [0.29, 0.717) is 12.0 Å². The molecule has 0 saturated carbocycles. The second-order valence-electron chi connectivity index (χ2n) is 6.81. The summed E-state index contributed by atoms with van der Waals surface area (Å²) in [5.41, 5.74) is 2.49. The van der Waals surface area contributed by atoms with Crippen LogP contribution in [-0.4, -0.2) is 11.6 Å². The summed E-state index contributed by atoms with van der Waals surface area (Å²) in [5.74, 6) is -0.253. The zero-order valence-corrected chi connectivity index (χ0v) is 14.1. The predicted octanol–water partition coefficient (Wildman–Crippen LogP) is 2.84. The molecule has 0 amide bonds. The molecule has 1 unspecified atom stereocenters. The highest BCUT2D eigenvalue weighted by atomic mass is 16.1. The Hall–Kier alpha value is -3.26. The van der Waals surface area contributed by atoms with Gasteiger partial charge < -0.3 is 0 Å². The van der Waals surface area contributed by atoms with Gasteiger partial charge in [-0.1, -0.05) is 72.8 Å². The maximum Gasteiger partial charge on any atom is 0.187 e. The van der Waals surface area contributed by atoms with Gasteiger partial charge in [0.15, 0.2) is 5.78 Å². The van der Waals surface area contributed by atoms with Crippen molar-refractivity contribution in [1.29, 1.82) is 0 Å². The fourth-order valence-electron chi connectivity index (χ4n) is 4.18. The number of rotatable bonds is 1. The average Bonchev–Trinajstić information content (AvgIpc) is 2.68. The largest absolute Gasteiger partial charge is 0.298 e. The van der Waals surface area contributed by atoms with Crippen molar-refractivity contribution in [3.8, 4) is 0 Å². The van der Waals surface area contributed by atoms with Crippen LogP contribution in [0.3, 0.4) is 0 Å². The van der Waals surface area contributed by atoms with Gasteiger partial charge in [0.1, 0.15) is 5.78 Å². The fourth-order valence-corrected chi connectivity index (χ4v) is 4.18. The number of carbonyl (C=O) groups excluding carboxylic acids is 2. The van der Waals surface area contributed by atoms with E-state index in [1.807, 2.05) is 72.8 Å². The van der Waals surface area contributed by atoms with Crippen LogP contribution in [0.5, 0.6) is 0 Å². The van der Waals surface area contributed by atoms with Crippen molar-refractivity contribution >= 4 is 23.7 Å². The maximum absolute atomic E-state index is 13.0. The molecule has 1 atom stereocenters. The van der Waals surface area contributed by atoms with Crippen molar-refractivity contribution in [1.82, 2.24) is 0 Å². The van der Waals surface area contributed by atoms with Gasteiger partial charge in [-0.25, -0.2) is 0 Å². The molecular formula is C24H16O2. The second-order valence-corrected chi connectivity index (χ2v) is 6.81. The van der Waals surface area contributed by atoms with Crippen molar-refractivity contribution in [2.24, 2.45) is 0 Å². The van der Waals surface area contributed by atoms with Crippen molar-refractivity contribution in [2.75, 3.05) is 0 Å². The highest BCUT2D eigenvalue weighted by Gasteiger charge is 2.30. The molecule has 0 aliphatic heterocycles. The van der Waals surface area contributed by atoms with Crippen LogP contribution >= 0.6 is 0 Å². The molecule has 0 bridgehead atoms. The zero-order chi connectivity index (χ0) is 17.7. The van der Waals surface area contributed by atoms with E-state index in [1.54, 1.807) is 6.08 Å². The Bertz CT molecular complexity index is 1280. The van der Waals surface area contributed by atoms with Crippen molar-refractivity contribution < 1.29 is 9.59 Å². The molecule has 3 aromatic rings. The molecule has 0 N–H and O–H groups in total. The number of Topliss-reactive ketones (excluding diaryl/α,β-unsaturated/α-hetero) is 2. The Morgan fingerprint density at radius 1 is 0.731 bits per heavy atom. The Balaban J connectivity index is 1.96. The normalized spacial score (nSPS) is 17.5. The third-order valence-electron chi connectivity index (χ3n) is 5.33. The van der Waals surface area contributed by atoms with E-state index in [9.17, 15) is 9.59 Å². The summed E-state index contributed by atoms with van der Waals surface area (Å²) in [6.07, 6.45) is 4.05. The van der Waals surface area contributed by atoms with Gasteiger partial charge in [0.25, 0.3) is 0 Å². The third kappa shape index (κ3) is 2.12. The summed E-state index contributed by atoms with van der Waals surface area (Å²) in [6.45, 7) is 0. The molecule has 0 heterocycles. The molecule has 0 saturated heterocycles. The van der Waals surface area contributed by atoms with Gasteiger partial charge in [0.2, 0.25) is 0 Å². The van der Waals surface area contributed by atoms with E-state index in [4.69, 9.17) is 0 Å². The molecule has 2 nitrogen and oxygen atoms in total. The first-order valence-corrected chi connectivity index (χ1v) is 8.80. The highest BCUT2D eigenvalue weighted by Crippen LogP contribution is 2.31. The van der Waals surface area contributed by atoms with E-state index >= 15 is 0 Å². The Kier molecular flexibility index (Phi) is 3.26. The summed E-state index contributed by atoms with van der Waals surface area (Å²) in [7, 11) is 0. The van der Waals surface area contributed by atoms with Gasteiger partial charge in [0, 0.05) is 12.0 Å². The van der Waals surface area contributed by atoms with E-state index in [2.05, 4.69) is 0 Å². The highest BCUT2D eigenvalue weighted by molar-refractivity contribution is 6.19. The Labute approximate surface area is 150 Å². The number of hydrogen-bond acceptors (Lipinski definition) is 2. The lowest BCUT2D eigenvalue weighted by molar-refractivity contribution is -0.118. The SMILES string of the molecule is O=C1C=c2ccccc2=c2ccc3c(c21)C(c1ccccc1)C(=O)CC=3. The standard InChI is InChI=1S/C24H16O2/c25-20-13-11-16-10-12-19-18-9-5-4-8-17(18)14-21(26)24(19)23(16)22(20)15-6-2-1-3-7-15/h1-12,14,22H,13H2. The number of carbonyl (C=O) groups is 2. The number of ketones is 2. The van der Waals surface area contributed by atoms with E-state index in [-0.39, 0.29) is 17.5 Å². The lowest BCUT2D eigenvalue weighted by Crippen LogP contribution is -2.30. The first-order valence-electron chi connectivity index (χ1n) is 8.80. The van der Waals surface area contributed by atoms with Crippen LogP contribution in [0.25, 0.3) is 12.2 Å². The monoisotopic (exact) mass is 336 g/mol. The zero-order valence-electron chi connectivity index (χ0n) is 14.1. The first-order chi connectivity index (χ1) is 12.7. The summed E-state index contributed by atoms with van der Waals surface area (Å²) < 4.78 is 0. The second kappa shape index (κ2) is 5.63. The summed E-state index contributed by atoms with van der Waals surface area (Å²) >= 11 is 0. The van der Waals surface area contributed by atoms with Gasteiger partial charge in [-0.2, -0.15) is 0 Å². The minimum atomic E-state index is -0.381. The molecule has 26 heavy (non-hydrogen) atoms. The summed E-state index contributed by atoms with van der Waals surface area (Å²) in [4.78, 5) is 25.9. The number of hydrogen-bond donors (Lipinski definition) is 0. The molecule has 0 spiro atoms. The molecule has 124 valence electrons. The molecule has 5 rings (SSSR count). The van der Waals surface area contributed by atoms with Gasteiger partial charge in [-0.05, 0) is 38.1 Å². The van der Waals surface area contributed by atoms with Crippen LogP contribution in [0.4, 0.5) is 0 Å². The van der Waals surface area contributed by atoms with Crippen molar-refractivity contribution in [3.63, 3.8) is 0 Å². The summed E-state index contributed by atoms with van der Waals surface area (Å²) in [6, 6.07) is 21.8. The van der Waals surface area contributed by atoms with E-state index < -0.39 is 0 Å². The van der Waals surface area contributed by atoms with E-state index in [0.717, 1.165) is 32.0 Å². The van der Waals surface area contributed by atoms with Gasteiger partial charge >= 0.3 is 0 Å². The topological polar surface area (TPSA) is 34.1 Å². The van der Waals surface area contributed by atoms with Crippen molar-refractivity contribution in [2.45, 2.75) is 12.3 Å². The van der Waals surface area contributed by atoms with Gasteiger partial charge in [0.05, 0.1) is 5.92 Å². The van der Waals surface area contributed by atoms with Crippen LogP contribution in [0.2, 0.25) is 0 Å². The number of benzene rings is 3. The lowest BCUT2D eigenvalue weighted by atomic mass is 9.77. The van der Waals surface area contributed by atoms with Crippen LogP contribution in [0.15, 0.2) is 66.7 Å². The first kappa shape index (κ1) is 15.0. The molecule has 0 radical (unpaired) electrons. The minimum Gasteiger partial charge on any atom is -0.298 e. The maximum atomic E-state index is 13.0. The molecule has 3 aromatic carbocycles. The predicted molar refractivity (Wildman–Crippen MR) is 101 cm³/mol. The molecule has 0 fully saturated rings. The minimum absolute atomic E-state index is 0.0143. The molecule has 2 heteroatoms. The third-order valence-corrected chi connectivity index (χ3v) is 5.33. The van der Waals surface area contributed by atoms with Gasteiger partial charge in [-0.3, -0.25) is 9.59 Å². The van der Waals surface area contributed by atoms with Gasteiger partial charge in [-0.15, -0.1) is 0 Å². The quantitative estimate of drug-likeness (QED) is 0.685. The average molecular weight is 336 g/mol. The Morgan fingerprint density at radius 2 is 1.50 bits per heavy atom. The van der Waals surface area contributed by atoms with Crippen LogP contribution in [0, 0.1) is 10.4 Å². The van der Waals surface area contributed by atoms with Crippen LogP contribution < -0.4 is 10.4 Å². The van der Waals surface area contributed by atoms with Crippen LogP contribution in [0.1, 0.15) is 33.8 Å². The van der Waals surface area contributed by atoms with Crippen molar-refractivity contribution in [3.05, 3.63) is 104 Å². The Morgan fingerprint density at radius 3 is 2.35 bits per heavy atom.